The Morgan fingerprint density at radius 3 is 1.94 bits per heavy atom. The summed E-state index contributed by atoms with van der Waals surface area (Å²) < 4.78 is 1.90. The lowest BCUT2D eigenvalue weighted by molar-refractivity contribution is 0.170. The van der Waals surface area contributed by atoms with Gasteiger partial charge < -0.3 is 0 Å². The van der Waals surface area contributed by atoms with E-state index in [1.165, 1.54) is 16.7 Å². The van der Waals surface area contributed by atoms with Gasteiger partial charge in [-0.2, -0.15) is 0 Å². The fourth-order valence-corrected chi connectivity index (χ4v) is 4.97. The lowest BCUT2D eigenvalue weighted by Crippen LogP contribution is -2.43. The molecule has 0 bridgehead atoms. The predicted octanol–water partition coefficient (Wildman–Crippen LogP) is 5.56. The highest BCUT2D eigenvalue weighted by Gasteiger charge is 2.37. The van der Waals surface area contributed by atoms with Crippen LogP contribution in [0.1, 0.15) is 35.2 Å². The fraction of sp³-hybridized carbons (Fsp3) is 0.259. The van der Waals surface area contributed by atoms with Crippen LogP contribution in [0.25, 0.3) is 0 Å². The van der Waals surface area contributed by atoms with Gasteiger partial charge in [0.15, 0.2) is 0 Å². The maximum atomic E-state index is 5.99. The van der Waals surface area contributed by atoms with Crippen molar-refractivity contribution >= 4 is 11.6 Å². The molecule has 4 nitrogen and oxygen atoms in total. The zero-order chi connectivity index (χ0) is 21.8. The first-order chi connectivity index (χ1) is 15.7. The normalized spacial score (nSPS) is 16.2. The highest BCUT2D eigenvalue weighted by molar-refractivity contribution is 6.30. The summed E-state index contributed by atoms with van der Waals surface area (Å²) in [6.45, 7) is 3.61. The first kappa shape index (κ1) is 20.9. The van der Waals surface area contributed by atoms with Crippen LogP contribution in [-0.4, -0.2) is 33.0 Å². The van der Waals surface area contributed by atoms with Crippen LogP contribution in [0.5, 0.6) is 0 Å². The minimum Gasteiger partial charge on any atom is -0.297 e. The van der Waals surface area contributed by atoms with E-state index in [9.17, 15) is 0 Å². The zero-order valence-electron chi connectivity index (χ0n) is 18.1. The van der Waals surface area contributed by atoms with Crippen LogP contribution in [0.15, 0.2) is 91.1 Å². The molecule has 3 aromatic carbocycles. The number of aromatic nitrogens is 3. The van der Waals surface area contributed by atoms with Crippen molar-refractivity contribution in [1.29, 1.82) is 0 Å². The molecular weight excluding hydrogens is 416 g/mol. The van der Waals surface area contributed by atoms with E-state index in [0.29, 0.717) is 6.54 Å². The predicted molar refractivity (Wildman–Crippen MR) is 129 cm³/mol. The van der Waals surface area contributed by atoms with Crippen molar-refractivity contribution in [2.24, 2.45) is 0 Å². The van der Waals surface area contributed by atoms with E-state index in [0.717, 1.165) is 43.2 Å². The molecule has 4 aromatic rings. The second kappa shape index (κ2) is 9.27. The second-order valence-corrected chi connectivity index (χ2v) is 9.06. The van der Waals surface area contributed by atoms with Gasteiger partial charge in [0.25, 0.3) is 0 Å². The molecule has 1 saturated heterocycles. The van der Waals surface area contributed by atoms with Crippen LogP contribution in [0.2, 0.25) is 5.02 Å². The van der Waals surface area contributed by atoms with Crippen LogP contribution >= 0.6 is 11.6 Å². The van der Waals surface area contributed by atoms with Crippen molar-refractivity contribution in [3.8, 4) is 0 Å². The molecule has 1 aromatic heterocycles. The van der Waals surface area contributed by atoms with Crippen LogP contribution in [0.3, 0.4) is 0 Å². The molecule has 162 valence electrons. The molecule has 2 heterocycles. The maximum absolute atomic E-state index is 5.99. The Kier molecular flexibility index (Phi) is 6.06. The van der Waals surface area contributed by atoms with E-state index in [1.54, 1.807) is 0 Å². The number of hydrogen-bond acceptors (Lipinski definition) is 3. The molecule has 5 rings (SSSR count). The van der Waals surface area contributed by atoms with Gasteiger partial charge in [-0.1, -0.05) is 89.6 Å². The number of nitrogens with zero attached hydrogens (tertiary/aromatic N) is 4. The Labute approximate surface area is 194 Å². The fourth-order valence-electron chi connectivity index (χ4n) is 4.85. The molecular formula is C27H27ClN4. The van der Waals surface area contributed by atoms with Gasteiger partial charge in [-0.05, 0) is 54.8 Å². The molecule has 1 aliphatic rings. The van der Waals surface area contributed by atoms with E-state index in [2.05, 4.69) is 82.1 Å². The Hall–Kier alpha value is -2.95. The summed E-state index contributed by atoms with van der Waals surface area (Å²) in [5.41, 5.74) is 5.09. The van der Waals surface area contributed by atoms with Crippen molar-refractivity contribution in [2.75, 3.05) is 13.1 Å². The van der Waals surface area contributed by atoms with Gasteiger partial charge in [-0.25, -0.2) is 4.68 Å². The Bertz CT molecular complexity index is 1090. The van der Waals surface area contributed by atoms with E-state index in [1.807, 2.05) is 28.9 Å². The molecule has 1 aliphatic heterocycles. The largest absolute Gasteiger partial charge is 0.297 e. The van der Waals surface area contributed by atoms with E-state index in [4.69, 9.17) is 11.6 Å². The Balaban J connectivity index is 1.27. The molecule has 0 spiro atoms. The molecule has 0 saturated carbocycles. The van der Waals surface area contributed by atoms with Crippen molar-refractivity contribution in [1.82, 2.24) is 19.9 Å². The number of hydrogen-bond donors (Lipinski definition) is 0. The average Bonchev–Trinajstić information content (AvgIpc) is 3.29. The number of rotatable bonds is 6. The quantitative estimate of drug-likeness (QED) is 0.392. The van der Waals surface area contributed by atoms with Gasteiger partial charge in [-0.15, -0.1) is 5.10 Å². The molecule has 0 aliphatic carbocycles. The van der Waals surface area contributed by atoms with Crippen molar-refractivity contribution < 1.29 is 0 Å². The summed E-state index contributed by atoms with van der Waals surface area (Å²) in [5.74, 6) is 0. The zero-order valence-corrected chi connectivity index (χ0v) is 18.8. The van der Waals surface area contributed by atoms with Crippen LogP contribution in [0.4, 0.5) is 0 Å². The van der Waals surface area contributed by atoms with Crippen LogP contribution < -0.4 is 0 Å². The van der Waals surface area contributed by atoms with Gasteiger partial charge in [-0.3, -0.25) is 4.90 Å². The monoisotopic (exact) mass is 442 g/mol. The van der Waals surface area contributed by atoms with Crippen molar-refractivity contribution in [2.45, 2.75) is 31.3 Å². The SMILES string of the molecule is Clc1ccc(Cn2cc(CN3CCC(c4ccccc4)(c4ccccc4)CC3)nn2)cc1. The first-order valence-electron chi connectivity index (χ1n) is 11.2. The van der Waals surface area contributed by atoms with Gasteiger partial charge in [0.1, 0.15) is 0 Å². The number of piperidine rings is 1. The van der Waals surface area contributed by atoms with E-state index in [-0.39, 0.29) is 5.41 Å². The lowest BCUT2D eigenvalue weighted by atomic mass is 9.68. The maximum Gasteiger partial charge on any atom is 0.0967 e. The summed E-state index contributed by atoms with van der Waals surface area (Å²) >= 11 is 5.99. The molecule has 5 heteroatoms. The minimum atomic E-state index is 0.0746. The molecule has 0 radical (unpaired) electrons. The second-order valence-electron chi connectivity index (χ2n) is 8.62. The van der Waals surface area contributed by atoms with E-state index < -0.39 is 0 Å². The van der Waals surface area contributed by atoms with Crippen molar-refractivity contribution in [3.63, 3.8) is 0 Å². The molecule has 0 unspecified atom stereocenters. The summed E-state index contributed by atoms with van der Waals surface area (Å²) in [7, 11) is 0. The average molecular weight is 443 g/mol. The molecule has 32 heavy (non-hydrogen) atoms. The third-order valence-electron chi connectivity index (χ3n) is 6.59. The number of benzene rings is 3. The number of likely N-dealkylation sites (tertiary alicyclic amines) is 1. The molecule has 1 fully saturated rings. The van der Waals surface area contributed by atoms with Crippen LogP contribution in [0, 0.1) is 0 Å². The standard InChI is InChI=1S/C27H27ClN4/c28-25-13-11-22(12-14-25)19-32-21-26(29-30-32)20-31-17-15-27(16-18-31,23-7-3-1-4-8-23)24-9-5-2-6-10-24/h1-14,21H,15-20H2. The smallest absolute Gasteiger partial charge is 0.0967 e. The minimum absolute atomic E-state index is 0.0746. The van der Waals surface area contributed by atoms with E-state index >= 15 is 0 Å². The summed E-state index contributed by atoms with van der Waals surface area (Å²) in [6, 6.07) is 29.8. The topological polar surface area (TPSA) is 34.0 Å². The third kappa shape index (κ3) is 4.47. The molecule has 0 N–H and O–H groups in total. The highest BCUT2D eigenvalue weighted by atomic mass is 35.5. The summed E-state index contributed by atoms with van der Waals surface area (Å²) in [6.07, 6.45) is 4.25. The highest BCUT2D eigenvalue weighted by Crippen LogP contribution is 2.41. The Morgan fingerprint density at radius 2 is 1.34 bits per heavy atom. The van der Waals surface area contributed by atoms with Gasteiger partial charge in [0.2, 0.25) is 0 Å². The van der Waals surface area contributed by atoms with Crippen LogP contribution in [-0.2, 0) is 18.5 Å². The summed E-state index contributed by atoms with van der Waals surface area (Å²) in [5, 5.41) is 9.50. The Morgan fingerprint density at radius 1 is 0.750 bits per heavy atom. The van der Waals surface area contributed by atoms with Crippen molar-refractivity contribution in [3.05, 3.63) is 119 Å². The summed E-state index contributed by atoms with van der Waals surface area (Å²) in [4.78, 5) is 2.50. The van der Waals surface area contributed by atoms with Gasteiger partial charge in [0, 0.05) is 17.0 Å². The lowest BCUT2D eigenvalue weighted by Gasteiger charge is -2.42. The van der Waals surface area contributed by atoms with Gasteiger partial charge in [0.05, 0.1) is 18.4 Å². The molecule has 0 atom stereocenters. The van der Waals surface area contributed by atoms with Gasteiger partial charge >= 0.3 is 0 Å². The molecule has 0 amide bonds. The number of halogens is 1. The third-order valence-corrected chi connectivity index (χ3v) is 6.84. The first-order valence-corrected chi connectivity index (χ1v) is 11.6.